The molecule has 0 aliphatic rings. The fourth-order valence-corrected chi connectivity index (χ4v) is 2.25. The first-order chi connectivity index (χ1) is 7.22. The van der Waals surface area contributed by atoms with Gasteiger partial charge in [0.05, 0.1) is 23.2 Å². The van der Waals surface area contributed by atoms with Crippen molar-refractivity contribution in [3.8, 4) is 10.6 Å². The second-order valence-corrected chi connectivity index (χ2v) is 3.94. The number of ether oxygens (including phenoxy) is 1. The van der Waals surface area contributed by atoms with Gasteiger partial charge in [0.1, 0.15) is 0 Å². The predicted octanol–water partition coefficient (Wildman–Crippen LogP) is 1.94. The van der Waals surface area contributed by atoms with Crippen LogP contribution in [0.15, 0.2) is 23.7 Å². The van der Waals surface area contributed by atoms with E-state index in [0.29, 0.717) is 5.56 Å². The zero-order valence-corrected chi connectivity index (χ0v) is 9.25. The van der Waals surface area contributed by atoms with Crippen molar-refractivity contribution in [2.24, 2.45) is 7.05 Å². The van der Waals surface area contributed by atoms with Crippen molar-refractivity contribution in [3.05, 3.63) is 29.3 Å². The minimum absolute atomic E-state index is 0.306. The summed E-state index contributed by atoms with van der Waals surface area (Å²) < 4.78 is 6.41. The normalized spacial score (nSPS) is 10.3. The molecule has 0 aliphatic carbocycles. The van der Waals surface area contributed by atoms with Crippen LogP contribution in [0, 0.1) is 0 Å². The lowest BCUT2D eigenvalue weighted by Crippen LogP contribution is -1.98. The van der Waals surface area contributed by atoms with Gasteiger partial charge in [-0.05, 0) is 12.1 Å². The highest BCUT2D eigenvalue weighted by Crippen LogP contribution is 2.26. The number of methoxy groups -OCH3 is 1. The Kier molecular flexibility index (Phi) is 2.55. The molecule has 0 aliphatic heterocycles. The Morgan fingerprint density at radius 3 is 3.00 bits per heavy atom. The van der Waals surface area contributed by atoms with Gasteiger partial charge in [-0.3, -0.25) is 4.68 Å². The first kappa shape index (κ1) is 9.92. The van der Waals surface area contributed by atoms with Gasteiger partial charge in [-0.2, -0.15) is 5.10 Å². The van der Waals surface area contributed by atoms with Crippen LogP contribution in [-0.2, 0) is 11.8 Å². The second kappa shape index (κ2) is 3.86. The third-order valence-corrected chi connectivity index (χ3v) is 3.05. The van der Waals surface area contributed by atoms with E-state index >= 15 is 0 Å². The van der Waals surface area contributed by atoms with Crippen LogP contribution >= 0.6 is 11.3 Å². The molecule has 0 saturated carbocycles. The van der Waals surface area contributed by atoms with Crippen LogP contribution in [-0.4, -0.2) is 22.9 Å². The molecule has 0 N–H and O–H groups in total. The molecule has 0 atom stereocenters. The zero-order chi connectivity index (χ0) is 10.8. The third kappa shape index (κ3) is 1.78. The van der Waals surface area contributed by atoms with E-state index in [1.807, 2.05) is 19.2 Å². The SMILES string of the molecule is COC(=O)c1csc(-c2ccnn2C)c1. The topological polar surface area (TPSA) is 44.1 Å². The molecular formula is C10H10N2O2S. The molecule has 2 aromatic rings. The van der Waals surface area contributed by atoms with Gasteiger partial charge in [-0.15, -0.1) is 11.3 Å². The van der Waals surface area contributed by atoms with E-state index in [-0.39, 0.29) is 5.97 Å². The lowest BCUT2D eigenvalue weighted by atomic mass is 10.3. The smallest absolute Gasteiger partial charge is 0.338 e. The highest BCUT2D eigenvalue weighted by molar-refractivity contribution is 7.13. The van der Waals surface area contributed by atoms with Crippen LogP contribution in [0.4, 0.5) is 0 Å². The average Bonchev–Trinajstić information content (AvgIpc) is 2.84. The van der Waals surface area contributed by atoms with Crippen molar-refractivity contribution < 1.29 is 9.53 Å². The molecule has 0 amide bonds. The van der Waals surface area contributed by atoms with Crippen LogP contribution in [0.5, 0.6) is 0 Å². The number of hydrogen-bond donors (Lipinski definition) is 0. The molecule has 0 radical (unpaired) electrons. The van der Waals surface area contributed by atoms with E-state index in [1.165, 1.54) is 18.4 Å². The van der Waals surface area contributed by atoms with Crippen molar-refractivity contribution in [2.45, 2.75) is 0 Å². The van der Waals surface area contributed by atoms with Crippen molar-refractivity contribution in [1.29, 1.82) is 0 Å². The van der Waals surface area contributed by atoms with E-state index in [9.17, 15) is 4.79 Å². The van der Waals surface area contributed by atoms with Crippen LogP contribution < -0.4 is 0 Å². The van der Waals surface area contributed by atoms with E-state index in [0.717, 1.165) is 10.6 Å². The molecule has 0 fully saturated rings. The Labute approximate surface area is 91.1 Å². The quantitative estimate of drug-likeness (QED) is 0.729. The van der Waals surface area contributed by atoms with Crippen molar-refractivity contribution in [2.75, 3.05) is 7.11 Å². The molecule has 2 rings (SSSR count). The molecule has 78 valence electrons. The van der Waals surface area contributed by atoms with Crippen LogP contribution in [0.25, 0.3) is 10.6 Å². The van der Waals surface area contributed by atoms with Gasteiger partial charge < -0.3 is 4.74 Å². The van der Waals surface area contributed by atoms with Gasteiger partial charge in [-0.25, -0.2) is 4.79 Å². The van der Waals surface area contributed by atoms with E-state index in [2.05, 4.69) is 9.84 Å². The molecule has 0 spiro atoms. The van der Waals surface area contributed by atoms with Crippen molar-refractivity contribution in [3.63, 3.8) is 0 Å². The summed E-state index contributed by atoms with van der Waals surface area (Å²) in [6.07, 6.45) is 1.73. The fourth-order valence-electron chi connectivity index (χ4n) is 1.31. The molecule has 5 heteroatoms. The fraction of sp³-hybridized carbons (Fsp3) is 0.200. The summed E-state index contributed by atoms with van der Waals surface area (Å²) in [5, 5.41) is 5.86. The number of nitrogens with zero attached hydrogens (tertiary/aromatic N) is 2. The Bertz CT molecular complexity index is 487. The summed E-state index contributed by atoms with van der Waals surface area (Å²) in [6, 6.07) is 3.72. The summed E-state index contributed by atoms with van der Waals surface area (Å²) >= 11 is 1.50. The molecule has 0 aromatic carbocycles. The summed E-state index contributed by atoms with van der Waals surface area (Å²) in [5.41, 5.74) is 1.58. The number of hydrogen-bond acceptors (Lipinski definition) is 4. The Morgan fingerprint density at radius 2 is 2.40 bits per heavy atom. The van der Waals surface area contributed by atoms with E-state index in [4.69, 9.17) is 0 Å². The molecule has 0 saturated heterocycles. The summed E-state index contributed by atoms with van der Waals surface area (Å²) in [4.78, 5) is 12.3. The number of esters is 1. The number of carbonyl (C=O) groups is 1. The van der Waals surface area contributed by atoms with Crippen LogP contribution in [0.2, 0.25) is 0 Å². The number of aryl methyl sites for hydroxylation is 1. The summed E-state index contributed by atoms with van der Waals surface area (Å²) in [5.74, 6) is -0.306. The second-order valence-electron chi connectivity index (χ2n) is 3.03. The molecule has 0 unspecified atom stereocenters. The standard InChI is InChI=1S/C10H10N2O2S/c1-12-8(3-4-11-12)9-5-7(6-15-9)10(13)14-2/h3-6H,1-2H3. The van der Waals surface area contributed by atoms with Gasteiger partial charge in [0.2, 0.25) is 0 Å². The van der Waals surface area contributed by atoms with Crippen molar-refractivity contribution >= 4 is 17.3 Å². The summed E-state index contributed by atoms with van der Waals surface area (Å²) in [6.45, 7) is 0. The monoisotopic (exact) mass is 222 g/mol. The molecule has 15 heavy (non-hydrogen) atoms. The minimum atomic E-state index is -0.306. The molecule has 0 bridgehead atoms. The van der Waals surface area contributed by atoms with Gasteiger partial charge in [0, 0.05) is 18.6 Å². The van der Waals surface area contributed by atoms with Gasteiger partial charge in [-0.1, -0.05) is 0 Å². The summed E-state index contributed by atoms with van der Waals surface area (Å²) in [7, 11) is 3.25. The average molecular weight is 222 g/mol. The highest BCUT2D eigenvalue weighted by atomic mass is 32.1. The lowest BCUT2D eigenvalue weighted by molar-refractivity contribution is 0.0601. The highest BCUT2D eigenvalue weighted by Gasteiger charge is 2.11. The third-order valence-electron chi connectivity index (χ3n) is 2.09. The number of aromatic nitrogens is 2. The maximum Gasteiger partial charge on any atom is 0.338 e. The molecule has 2 heterocycles. The predicted molar refractivity (Wildman–Crippen MR) is 57.9 cm³/mol. The molecular weight excluding hydrogens is 212 g/mol. The van der Waals surface area contributed by atoms with Crippen LogP contribution in [0.1, 0.15) is 10.4 Å². The minimum Gasteiger partial charge on any atom is -0.465 e. The van der Waals surface area contributed by atoms with Crippen LogP contribution in [0.3, 0.4) is 0 Å². The maximum atomic E-state index is 11.2. The first-order valence-corrected chi connectivity index (χ1v) is 5.25. The lowest BCUT2D eigenvalue weighted by Gasteiger charge is -1.96. The first-order valence-electron chi connectivity index (χ1n) is 4.37. The Hall–Kier alpha value is -1.62. The van der Waals surface area contributed by atoms with Crippen molar-refractivity contribution in [1.82, 2.24) is 9.78 Å². The van der Waals surface area contributed by atoms with E-state index in [1.54, 1.807) is 16.3 Å². The zero-order valence-electron chi connectivity index (χ0n) is 8.43. The number of thiophene rings is 1. The van der Waals surface area contributed by atoms with Gasteiger partial charge in [0.15, 0.2) is 0 Å². The largest absolute Gasteiger partial charge is 0.465 e. The number of carbonyl (C=O) groups excluding carboxylic acids is 1. The van der Waals surface area contributed by atoms with Gasteiger partial charge in [0.25, 0.3) is 0 Å². The van der Waals surface area contributed by atoms with E-state index < -0.39 is 0 Å². The maximum absolute atomic E-state index is 11.2. The molecule has 4 nitrogen and oxygen atoms in total. The van der Waals surface area contributed by atoms with Gasteiger partial charge >= 0.3 is 5.97 Å². The Morgan fingerprint density at radius 1 is 1.60 bits per heavy atom. The Balaban J connectivity index is 2.36. The molecule has 2 aromatic heterocycles. The number of rotatable bonds is 2.